The molecule has 1 aromatic rings. The van der Waals surface area contributed by atoms with E-state index in [0.717, 1.165) is 17.1 Å². The van der Waals surface area contributed by atoms with Gasteiger partial charge in [0.25, 0.3) is 0 Å². The summed E-state index contributed by atoms with van der Waals surface area (Å²) in [5.41, 5.74) is 7.38. The molecule has 3 nitrogen and oxygen atoms in total. The Morgan fingerprint density at radius 1 is 1.40 bits per heavy atom. The molecule has 0 saturated heterocycles. The van der Waals surface area contributed by atoms with Crippen LogP contribution in [0, 0.1) is 6.92 Å². The Bertz CT molecular complexity index is 359. The Balaban J connectivity index is 3.17. The van der Waals surface area contributed by atoms with Gasteiger partial charge in [-0.05, 0) is 31.5 Å². The van der Waals surface area contributed by atoms with Crippen LogP contribution in [0.15, 0.2) is 24.3 Å². The van der Waals surface area contributed by atoms with Crippen molar-refractivity contribution in [3.8, 4) is 11.5 Å². The van der Waals surface area contributed by atoms with Crippen LogP contribution in [0.2, 0.25) is 0 Å². The number of hydrogen-bond donors (Lipinski definition) is 1. The van der Waals surface area contributed by atoms with Crippen molar-refractivity contribution >= 4 is 5.70 Å². The molecule has 2 N–H and O–H groups in total. The minimum atomic E-state index is 0.645. The van der Waals surface area contributed by atoms with Crippen LogP contribution in [-0.4, -0.2) is 14.2 Å². The van der Waals surface area contributed by atoms with Gasteiger partial charge in [0.1, 0.15) is 11.5 Å². The lowest BCUT2D eigenvalue weighted by Crippen LogP contribution is -2.00. The maximum atomic E-state index is 5.89. The van der Waals surface area contributed by atoms with Crippen molar-refractivity contribution in [1.82, 2.24) is 0 Å². The van der Waals surface area contributed by atoms with Crippen LogP contribution in [-0.2, 0) is 0 Å². The van der Waals surface area contributed by atoms with E-state index < -0.39 is 0 Å². The zero-order chi connectivity index (χ0) is 11.3. The molecule has 1 radical (unpaired) electrons. The number of methoxy groups -OCH3 is 2. The largest absolute Gasteiger partial charge is 0.497 e. The lowest BCUT2D eigenvalue weighted by atomic mass is 10.1. The second kappa shape index (κ2) is 5.29. The molecular weight excluding hydrogens is 190 g/mol. The predicted octanol–water partition coefficient (Wildman–Crippen LogP) is 2.23. The van der Waals surface area contributed by atoms with Gasteiger partial charge in [-0.1, -0.05) is 6.08 Å². The molecule has 0 aromatic heterocycles. The molecule has 0 bridgehead atoms. The van der Waals surface area contributed by atoms with Crippen molar-refractivity contribution < 1.29 is 9.47 Å². The number of benzene rings is 1. The van der Waals surface area contributed by atoms with E-state index >= 15 is 0 Å². The molecular formula is C12H16NO2. The molecule has 15 heavy (non-hydrogen) atoms. The summed E-state index contributed by atoms with van der Waals surface area (Å²) < 4.78 is 10.3. The maximum Gasteiger partial charge on any atom is 0.128 e. The number of nitrogens with two attached hydrogens (primary N) is 1. The first-order valence-electron chi connectivity index (χ1n) is 4.70. The molecule has 1 aromatic carbocycles. The fourth-order valence-corrected chi connectivity index (χ4v) is 1.31. The lowest BCUT2D eigenvalue weighted by molar-refractivity contribution is 0.402. The molecule has 0 saturated carbocycles. The van der Waals surface area contributed by atoms with Crippen LogP contribution in [0.5, 0.6) is 11.5 Å². The van der Waals surface area contributed by atoms with Crippen LogP contribution < -0.4 is 15.2 Å². The standard InChI is InChI=1S/C12H16NO2/c1-4-5-11(13)10-8-9(14-2)6-7-12(10)15-3/h5-8H,1,4,13H2,2-3H3. The van der Waals surface area contributed by atoms with Gasteiger partial charge in [0.05, 0.1) is 14.2 Å². The van der Waals surface area contributed by atoms with Crippen LogP contribution >= 0.6 is 0 Å². The quantitative estimate of drug-likeness (QED) is 0.821. The smallest absolute Gasteiger partial charge is 0.128 e. The topological polar surface area (TPSA) is 44.5 Å². The molecule has 1 rings (SSSR count). The molecule has 0 aliphatic heterocycles. The molecule has 81 valence electrons. The Kier molecular flexibility index (Phi) is 4.03. The first-order chi connectivity index (χ1) is 7.22. The summed E-state index contributed by atoms with van der Waals surface area (Å²) in [5, 5.41) is 0. The van der Waals surface area contributed by atoms with Crippen LogP contribution in [0.25, 0.3) is 5.70 Å². The summed E-state index contributed by atoms with van der Waals surface area (Å²) >= 11 is 0. The summed E-state index contributed by atoms with van der Waals surface area (Å²) in [7, 11) is 3.23. The third-order valence-electron chi connectivity index (χ3n) is 2.08. The van der Waals surface area contributed by atoms with Gasteiger partial charge < -0.3 is 15.2 Å². The third-order valence-corrected chi connectivity index (χ3v) is 2.08. The van der Waals surface area contributed by atoms with E-state index in [1.165, 1.54) is 0 Å². The molecule has 0 heterocycles. The number of ether oxygens (including phenoxy) is 2. The molecule has 0 unspecified atom stereocenters. The molecule has 0 aliphatic carbocycles. The number of hydrogen-bond acceptors (Lipinski definition) is 3. The van der Waals surface area contributed by atoms with Gasteiger partial charge in [-0.15, -0.1) is 0 Å². The average Bonchev–Trinajstić information content (AvgIpc) is 2.28. The highest BCUT2D eigenvalue weighted by Gasteiger charge is 2.06. The summed E-state index contributed by atoms with van der Waals surface area (Å²) in [6, 6.07) is 5.51. The second-order valence-electron chi connectivity index (χ2n) is 3.01. The van der Waals surface area contributed by atoms with Crippen LogP contribution in [0.3, 0.4) is 0 Å². The molecule has 0 fully saturated rings. The fraction of sp³-hybridized carbons (Fsp3) is 0.250. The third kappa shape index (κ3) is 2.65. The van der Waals surface area contributed by atoms with Crippen LogP contribution in [0.4, 0.5) is 0 Å². The number of allylic oxidation sites excluding steroid dienone is 1. The van der Waals surface area contributed by atoms with Gasteiger partial charge in [0.2, 0.25) is 0 Å². The van der Waals surface area contributed by atoms with Crippen molar-refractivity contribution in [3.05, 3.63) is 36.8 Å². The van der Waals surface area contributed by atoms with E-state index in [-0.39, 0.29) is 0 Å². The highest BCUT2D eigenvalue weighted by Crippen LogP contribution is 2.27. The average molecular weight is 206 g/mol. The minimum Gasteiger partial charge on any atom is -0.497 e. The highest BCUT2D eigenvalue weighted by atomic mass is 16.5. The fourth-order valence-electron chi connectivity index (χ4n) is 1.31. The Morgan fingerprint density at radius 2 is 2.13 bits per heavy atom. The van der Waals surface area contributed by atoms with Crippen molar-refractivity contribution in [2.75, 3.05) is 14.2 Å². The summed E-state index contributed by atoms with van der Waals surface area (Å²) in [4.78, 5) is 0. The van der Waals surface area contributed by atoms with Crippen molar-refractivity contribution in [2.45, 2.75) is 6.42 Å². The molecule has 3 heteroatoms. The zero-order valence-electron chi connectivity index (χ0n) is 9.12. The first-order valence-corrected chi connectivity index (χ1v) is 4.70. The minimum absolute atomic E-state index is 0.645. The monoisotopic (exact) mass is 206 g/mol. The van der Waals surface area contributed by atoms with E-state index in [0.29, 0.717) is 12.1 Å². The first kappa shape index (κ1) is 11.4. The number of rotatable bonds is 4. The summed E-state index contributed by atoms with van der Waals surface area (Å²) in [6.45, 7) is 3.72. The zero-order valence-corrected chi connectivity index (χ0v) is 9.12. The van der Waals surface area contributed by atoms with E-state index in [1.54, 1.807) is 14.2 Å². The van der Waals surface area contributed by atoms with Crippen molar-refractivity contribution in [1.29, 1.82) is 0 Å². The Morgan fingerprint density at radius 3 is 2.67 bits per heavy atom. The predicted molar refractivity (Wildman–Crippen MR) is 61.7 cm³/mol. The molecule has 0 atom stereocenters. The van der Waals surface area contributed by atoms with E-state index in [2.05, 4.69) is 6.92 Å². The summed E-state index contributed by atoms with van der Waals surface area (Å²) in [6.07, 6.45) is 2.49. The van der Waals surface area contributed by atoms with Crippen molar-refractivity contribution in [2.24, 2.45) is 5.73 Å². The van der Waals surface area contributed by atoms with E-state index in [9.17, 15) is 0 Å². The van der Waals surface area contributed by atoms with E-state index in [4.69, 9.17) is 15.2 Å². The normalized spacial score (nSPS) is 11.3. The highest BCUT2D eigenvalue weighted by molar-refractivity contribution is 5.69. The summed E-state index contributed by atoms with van der Waals surface area (Å²) in [5.74, 6) is 1.49. The van der Waals surface area contributed by atoms with Gasteiger partial charge in [-0.2, -0.15) is 0 Å². The van der Waals surface area contributed by atoms with E-state index in [1.807, 2.05) is 24.3 Å². The van der Waals surface area contributed by atoms with Gasteiger partial charge in [-0.25, -0.2) is 0 Å². The van der Waals surface area contributed by atoms with Gasteiger partial charge in [0, 0.05) is 11.3 Å². The molecule has 0 spiro atoms. The van der Waals surface area contributed by atoms with Crippen LogP contribution in [0.1, 0.15) is 12.0 Å². The second-order valence-corrected chi connectivity index (χ2v) is 3.01. The molecule has 0 amide bonds. The Labute approximate surface area is 90.5 Å². The molecule has 0 aliphatic rings. The Hall–Kier alpha value is -1.64. The van der Waals surface area contributed by atoms with Gasteiger partial charge >= 0.3 is 0 Å². The van der Waals surface area contributed by atoms with Crippen molar-refractivity contribution in [3.63, 3.8) is 0 Å². The lowest BCUT2D eigenvalue weighted by Gasteiger charge is -2.10. The van der Waals surface area contributed by atoms with Gasteiger partial charge in [0.15, 0.2) is 0 Å². The van der Waals surface area contributed by atoms with Gasteiger partial charge in [-0.3, -0.25) is 0 Å². The SMILES string of the molecule is [CH2]CC=C(N)c1cc(OC)ccc1OC. The maximum absolute atomic E-state index is 5.89.